The molecule has 2 nitrogen and oxygen atoms in total. The van der Waals surface area contributed by atoms with Crippen molar-refractivity contribution in [1.29, 1.82) is 0 Å². The van der Waals surface area contributed by atoms with E-state index in [0.29, 0.717) is 0 Å². The van der Waals surface area contributed by atoms with E-state index in [0.717, 1.165) is 11.3 Å². The molecular formula is C13H17NOSSi. The van der Waals surface area contributed by atoms with E-state index in [9.17, 15) is 4.79 Å². The topological polar surface area (TPSA) is 29.1 Å². The highest BCUT2D eigenvalue weighted by Crippen LogP contribution is 2.17. The summed E-state index contributed by atoms with van der Waals surface area (Å²) in [5, 5.41) is 5.63. The van der Waals surface area contributed by atoms with Gasteiger partial charge in [-0.2, -0.15) is 0 Å². The first-order valence-corrected chi connectivity index (χ1v) is 10.5. The molecule has 90 valence electrons. The molecule has 1 N–H and O–H groups in total. The van der Waals surface area contributed by atoms with Crippen molar-refractivity contribution in [2.75, 3.05) is 5.32 Å². The van der Waals surface area contributed by atoms with Crippen LogP contribution in [0.3, 0.4) is 0 Å². The summed E-state index contributed by atoms with van der Waals surface area (Å²) in [6.07, 6.45) is 0. The lowest BCUT2D eigenvalue weighted by atomic mass is 10.2. The number of anilines is 1. The van der Waals surface area contributed by atoms with Crippen molar-refractivity contribution in [2.45, 2.75) is 26.6 Å². The van der Waals surface area contributed by atoms with E-state index >= 15 is 0 Å². The van der Waals surface area contributed by atoms with E-state index in [1.165, 1.54) is 0 Å². The number of hydrogen-bond donors (Lipinski definition) is 1. The van der Waals surface area contributed by atoms with Gasteiger partial charge in [-0.25, -0.2) is 0 Å². The van der Waals surface area contributed by atoms with E-state index in [2.05, 4.69) is 36.1 Å². The van der Waals surface area contributed by atoms with Gasteiger partial charge in [-0.05, 0) is 29.9 Å². The maximum atomic E-state index is 11.5. The molecule has 1 aromatic rings. The number of carbonyl (C=O) groups excluding carboxylic acids is 1. The minimum absolute atomic E-state index is 0.249. The van der Waals surface area contributed by atoms with Crippen molar-refractivity contribution in [3.63, 3.8) is 0 Å². The van der Waals surface area contributed by atoms with Gasteiger partial charge < -0.3 is 5.32 Å². The minimum atomic E-state index is -1.26. The molecule has 0 unspecified atom stereocenters. The zero-order chi connectivity index (χ0) is 12.9. The number of nitrogens with one attached hydrogen (secondary N) is 1. The first-order chi connectivity index (χ1) is 7.87. The van der Waals surface area contributed by atoms with Crippen molar-refractivity contribution >= 4 is 30.0 Å². The van der Waals surface area contributed by atoms with Crippen LogP contribution in [-0.4, -0.2) is 13.1 Å². The monoisotopic (exact) mass is 263 g/mol. The van der Waals surface area contributed by atoms with Crippen LogP contribution < -0.4 is 5.32 Å². The lowest BCUT2D eigenvalue weighted by Crippen LogP contribution is -2.13. The third kappa shape index (κ3) is 6.20. The SMILES string of the molecule is Cc1cccc(NC(=O)C#CS[Si](C)(C)C)c1. The second-order valence-electron chi connectivity index (χ2n) is 4.77. The van der Waals surface area contributed by atoms with Gasteiger partial charge in [-0.15, -0.1) is 11.2 Å². The number of amides is 1. The lowest BCUT2D eigenvalue weighted by molar-refractivity contribution is -0.111. The summed E-state index contributed by atoms with van der Waals surface area (Å²) in [5.74, 6) is 2.36. The van der Waals surface area contributed by atoms with Crippen molar-refractivity contribution < 1.29 is 4.79 Å². The van der Waals surface area contributed by atoms with Crippen LogP contribution in [0.4, 0.5) is 5.69 Å². The number of benzene rings is 1. The number of hydrogen-bond acceptors (Lipinski definition) is 2. The predicted octanol–water partition coefficient (Wildman–Crippen LogP) is 3.46. The van der Waals surface area contributed by atoms with Crippen molar-refractivity contribution in [3.8, 4) is 11.2 Å². The normalized spacial score (nSPS) is 10.4. The van der Waals surface area contributed by atoms with E-state index in [-0.39, 0.29) is 5.91 Å². The molecule has 0 heterocycles. The highest BCUT2D eigenvalue weighted by atomic mass is 32.4. The Kier molecular flexibility index (Phi) is 4.85. The van der Waals surface area contributed by atoms with Gasteiger partial charge in [-0.1, -0.05) is 31.8 Å². The average molecular weight is 263 g/mol. The van der Waals surface area contributed by atoms with Crippen molar-refractivity contribution in [2.24, 2.45) is 0 Å². The summed E-state index contributed by atoms with van der Waals surface area (Å²) in [5.41, 5.74) is 1.91. The Labute approximate surface area is 108 Å². The molecule has 0 aliphatic heterocycles. The van der Waals surface area contributed by atoms with E-state index in [4.69, 9.17) is 0 Å². The molecule has 4 heteroatoms. The zero-order valence-corrected chi connectivity index (χ0v) is 12.4. The van der Waals surface area contributed by atoms with Crippen LogP contribution in [0.15, 0.2) is 24.3 Å². The summed E-state index contributed by atoms with van der Waals surface area (Å²) < 4.78 is 0. The van der Waals surface area contributed by atoms with Crippen LogP contribution >= 0.6 is 11.2 Å². The third-order valence-electron chi connectivity index (χ3n) is 1.80. The summed E-state index contributed by atoms with van der Waals surface area (Å²) >= 11 is 1.59. The first kappa shape index (κ1) is 13.9. The molecule has 0 saturated carbocycles. The van der Waals surface area contributed by atoms with E-state index in [1.54, 1.807) is 11.2 Å². The molecule has 0 saturated heterocycles. The quantitative estimate of drug-likeness (QED) is 0.654. The smallest absolute Gasteiger partial charge is 0.301 e. The van der Waals surface area contributed by atoms with Gasteiger partial charge in [0.15, 0.2) is 0 Å². The van der Waals surface area contributed by atoms with Crippen LogP contribution in [0.25, 0.3) is 0 Å². The van der Waals surface area contributed by atoms with Gasteiger partial charge in [-0.3, -0.25) is 4.79 Å². The molecular weight excluding hydrogens is 246 g/mol. The predicted molar refractivity (Wildman–Crippen MR) is 78.5 cm³/mol. The molecule has 0 atom stereocenters. The minimum Gasteiger partial charge on any atom is -0.315 e. The number of rotatable bonds is 2. The first-order valence-electron chi connectivity index (χ1n) is 5.43. The Bertz CT molecular complexity index is 468. The highest BCUT2D eigenvalue weighted by molar-refractivity contribution is 8.32. The molecule has 1 rings (SSSR count). The molecule has 0 radical (unpaired) electrons. The summed E-state index contributed by atoms with van der Waals surface area (Å²) in [4.78, 5) is 11.5. The Morgan fingerprint density at radius 2 is 2.06 bits per heavy atom. The molecule has 0 aromatic heterocycles. The van der Waals surface area contributed by atoms with Gasteiger partial charge >= 0.3 is 5.91 Å². The maximum absolute atomic E-state index is 11.5. The Morgan fingerprint density at radius 3 is 2.65 bits per heavy atom. The fourth-order valence-electron chi connectivity index (χ4n) is 1.11. The van der Waals surface area contributed by atoms with E-state index < -0.39 is 7.22 Å². The molecule has 0 fully saturated rings. The molecule has 0 spiro atoms. The molecule has 0 aliphatic rings. The number of carbonyl (C=O) groups is 1. The van der Waals surface area contributed by atoms with Crippen LogP contribution in [-0.2, 0) is 4.79 Å². The van der Waals surface area contributed by atoms with Crippen LogP contribution in [0.2, 0.25) is 19.6 Å². The zero-order valence-electron chi connectivity index (χ0n) is 10.6. The summed E-state index contributed by atoms with van der Waals surface area (Å²) in [7, 11) is -1.26. The second kappa shape index (κ2) is 5.94. The van der Waals surface area contributed by atoms with Gasteiger partial charge in [0.1, 0.15) is 7.22 Å². The Balaban J connectivity index is 2.56. The lowest BCUT2D eigenvalue weighted by Gasteiger charge is -2.08. The van der Waals surface area contributed by atoms with Crippen molar-refractivity contribution in [1.82, 2.24) is 0 Å². The van der Waals surface area contributed by atoms with E-state index in [1.807, 2.05) is 31.2 Å². The molecule has 0 bridgehead atoms. The number of aryl methyl sites for hydroxylation is 1. The van der Waals surface area contributed by atoms with Gasteiger partial charge in [0.05, 0.1) is 0 Å². The molecule has 17 heavy (non-hydrogen) atoms. The van der Waals surface area contributed by atoms with Gasteiger partial charge in [0, 0.05) is 11.6 Å². The Morgan fingerprint density at radius 1 is 1.35 bits per heavy atom. The van der Waals surface area contributed by atoms with Crippen molar-refractivity contribution in [3.05, 3.63) is 29.8 Å². The van der Waals surface area contributed by atoms with Gasteiger partial charge in [0.25, 0.3) is 0 Å². The molecule has 1 aromatic carbocycles. The van der Waals surface area contributed by atoms with Crippen LogP contribution in [0.1, 0.15) is 5.56 Å². The van der Waals surface area contributed by atoms with Gasteiger partial charge in [0.2, 0.25) is 0 Å². The average Bonchev–Trinajstić information content (AvgIpc) is 2.15. The highest BCUT2D eigenvalue weighted by Gasteiger charge is 2.11. The second-order valence-corrected chi connectivity index (χ2v) is 13.7. The molecule has 0 aliphatic carbocycles. The van der Waals surface area contributed by atoms with Crippen LogP contribution in [0.5, 0.6) is 0 Å². The largest absolute Gasteiger partial charge is 0.315 e. The maximum Gasteiger partial charge on any atom is 0.301 e. The third-order valence-corrected chi connectivity index (χ3v) is 4.76. The van der Waals surface area contributed by atoms with Crippen LogP contribution in [0, 0.1) is 18.1 Å². The Hall–Kier alpha value is -1.18. The standard InChI is InChI=1S/C13H17NOSSi/c1-11-6-5-7-12(10-11)14-13(15)8-9-16-17(2,3)4/h5-7,10H,1-4H3,(H,14,15). The fraction of sp³-hybridized carbons (Fsp3) is 0.308. The molecule has 1 amide bonds. The fourth-order valence-corrected chi connectivity index (χ4v) is 2.63. The summed E-state index contributed by atoms with van der Waals surface area (Å²) in [6.45, 7) is 8.59. The summed E-state index contributed by atoms with van der Waals surface area (Å²) in [6, 6.07) is 7.68.